The van der Waals surface area contributed by atoms with Gasteiger partial charge in [-0.25, -0.2) is 0 Å². The highest BCUT2D eigenvalue weighted by atomic mass is 16.5. The van der Waals surface area contributed by atoms with Crippen molar-refractivity contribution in [1.82, 2.24) is 5.32 Å². The zero-order chi connectivity index (χ0) is 14.9. The van der Waals surface area contributed by atoms with Crippen LogP contribution < -0.4 is 10.7 Å². The average Bonchev–Trinajstić information content (AvgIpc) is 2.67. The Labute approximate surface area is 116 Å². The number of carbonyl (C=O) groups excluding carboxylic acids is 1. The lowest BCUT2D eigenvalue weighted by Gasteiger charge is -2.21. The number of carbonyl (C=O) groups is 1. The molecule has 0 radical (unpaired) electrons. The van der Waals surface area contributed by atoms with Gasteiger partial charge in [0, 0.05) is 7.11 Å². The number of hydrogen-bond donors (Lipinski definition) is 2. The molecular weight excluding hydrogens is 262 g/mol. The Balaban J connectivity index is 2.61. The Morgan fingerprint density at radius 3 is 2.75 bits per heavy atom. The maximum absolute atomic E-state index is 12.1. The Bertz CT molecular complexity index is 631. The highest BCUT2D eigenvalue weighted by Crippen LogP contribution is 2.33. The molecule has 1 aromatic heterocycles. The van der Waals surface area contributed by atoms with Crippen molar-refractivity contribution in [3.8, 4) is 5.75 Å². The van der Waals surface area contributed by atoms with Crippen molar-refractivity contribution in [2.75, 3.05) is 7.11 Å². The quantitative estimate of drug-likeness (QED) is 0.876. The zero-order valence-corrected chi connectivity index (χ0v) is 11.6. The van der Waals surface area contributed by atoms with Crippen LogP contribution in [0.5, 0.6) is 5.75 Å². The van der Waals surface area contributed by atoms with Crippen LogP contribution in [0.2, 0.25) is 0 Å². The van der Waals surface area contributed by atoms with Gasteiger partial charge in [0.15, 0.2) is 17.2 Å². The maximum atomic E-state index is 12.1. The Morgan fingerprint density at radius 2 is 2.15 bits per heavy atom. The van der Waals surface area contributed by atoms with Crippen LogP contribution >= 0.6 is 0 Å². The first-order valence-electron chi connectivity index (χ1n) is 6.39. The van der Waals surface area contributed by atoms with Gasteiger partial charge in [-0.1, -0.05) is 19.4 Å². The minimum Gasteiger partial charge on any atom is -0.502 e. The molecule has 0 spiro atoms. The summed E-state index contributed by atoms with van der Waals surface area (Å²) >= 11 is 0. The van der Waals surface area contributed by atoms with Gasteiger partial charge in [0.25, 0.3) is 5.91 Å². The molecule has 2 rings (SSSR count). The molecule has 0 bridgehead atoms. The number of methoxy groups -OCH3 is 1. The summed E-state index contributed by atoms with van der Waals surface area (Å²) in [5, 5.41) is 12.4. The second-order valence-electron chi connectivity index (χ2n) is 4.73. The van der Waals surface area contributed by atoms with Crippen molar-refractivity contribution in [3.05, 3.63) is 33.4 Å². The predicted octanol–water partition coefficient (Wildman–Crippen LogP) is 1.72. The number of amides is 1. The number of ether oxygens (including phenoxy) is 1. The average molecular weight is 279 g/mol. The Morgan fingerprint density at radius 1 is 1.45 bits per heavy atom. The third-order valence-corrected chi connectivity index (χ3v) is 3.26. The summed E-state index contributed by atoms with van der Waals surface area (Å²) in [5.41, 5.74) is -2.16. The molecule has 1 atom stereocenters. The number of nitrogens with one attached hydrogen (secondary N) is 1. The Kier molecular flexibility index (Phi) is 3.67. The minimum atomic E-state index is -1.20. The van der Waals surface area contributed by atoms with E-state index in [0.717, 1.165) is 12.8 Å². The normalized spacial score (nSPS) is 21.2. The van der Waals surface area contributed by atoms with Gasteiger partial charge >= 0.3 is 0 Å². The fraction of sp³-hybridized carbons (Fsp3) is 0.429. The predicted molar refractivity (Wildman–Crippen MR) is 72.4 cm³/mol. The van der Waals surface area contributed by atoms with Crippen LogP contribution in [0.4, 0.5) is 0 Å². The van der Waals surface area contributed by atoms with E-state index in [0.29, 0.717) is 0 Å². The monoisotopic (exact) mass is 279 g/mol. The van der Waals surface area contributed by atoms with Gasteiger partial charge in [-0.15, -0.1) is 0 Å². The van der Waals surface area contributed by atoms with Crippen molar-refractivity contribution in [1.29, 1.82) is 0 Å². The molecule has 20 heavy (non-hydrogen) atoms. The molecule has 0 aliphatic carbocycles. The van der Waals surface area contributed by atoms with E-state index in [1.165, 1.54) is 13.2 Å². The zero-order valence-electron chi connectivity index (χ0n) is 11.6. The minimum absolute atomic E-state index is 0.0296. The van der Waals surface area contributed by atoms with Crippen LogP contribution in [0, 0.1) is 0 Å². The summed E-state index contributed by atoms with van der Waals surface area (Å²) in [7, 11) is 1.40. The van der Waals surface area contributed by atoms with E-state index < -0.39 is 22.8 Å². The largest absolute Gasteiger partial charge is 0.502 e. The van der Waals surface area contributed by atoms with Gasteiger partial charge in [0.1, 0.15) is 5.56 Å². The molecule has 2 heterocycles. The first kappa shape index (κ1) is 14.3. The van der Waals surface area contributed by atoms with E-state index in [2.05, 4.69) is 5.32 Å². The van der Waals surface area contributed by atoms with Gasteiger partial charge in [-0.2, -0.15) is 0 Å². The lowest BCUT2D eigenvalue weighted by atomic mass is 10.1. The van der Waals surface area contributed by atoms with Gasteiger partial charge < -0.3 is 19.6 Å². The first-order chi connectivity index (χ1) is 9.44. The summed E-state index contributed by atoms with van der Waals surface area (Å²) in [4.78, 5) is 23.9. The molecule has 0 saturated carbocycles. The van der Waals surface area contributed by atoms with E-state index in [1.807, 2.05) is 6.92 Å². The van der Waals surface area contributed by atoms with Crippen molar-refractivity contribution in [2.24, 2.45) is 0 Å². The molecule has 0 fully saturated rings. The fourth-order valence-corrected chi connectivity index (χ4v) is 2.03. The van der Waals surface area contributed by atoms with Crippen LogP contribution in [0.15, 0.2) is 15.3 Å². The van der Waals surface area contributed by atoms with Crippen LogP contribution in [0.3, 0.4) is 0 Å². The number of rotatable bonds is 4. The van der Waals surface area contributed by atoms with E-state index in [1.54, 1.807) is 13.0 Å². The van der Waals surface area contributed by atoms with Crippen LogP contribution in [0.1, 0.15) is 48.6 Å². The lowest BCUT2D eigenvalue weighted by molar-refractivity contribution is -0.0313. The van der Waals surface area contributed by atoms with Crippen LogP contribution in [-0.2, 0) is 10.5 Å². The standard InChI is InChI=1S/C14H17NO5/c1-4-5-6-7-8-10(16)11(17)9-12(20-8)14(2,19-3)15-13(9)18/h6-7,16H,4-5H2,1-3H3,(H,15,18)/b7-6+/t14-/m0/s1. The first-order valence-corrected chi connectivity index (χ1v) is 6.39. The van der Waals surface area contributed by atoms with Gasteiger partial charge in [0.2, 0.25) is 11.2 Å². The molecule has 2 N–H and O–H groups in total. The molecule has 108 valence electrons. The molecule has 1 aliphatic rings. The number of allylic oxidation sites excluding steroid dienone is 1. The number of unbranched alkanes of at least 4 members (excludes halogenated alkanes) is 1. The van der Waals surface area contributed by atoms with Crippen molar-refractivity contribution >= 4 is 12.0 Å². The number of hydrogen-bond acceptors (Lipinski definition) is 5. The number of fused-ring (bicyclic) bond motifs is 1. The molecule has 0 aromatic carbocycles. The SMILES string of the molecule is CCC/C=C/c1oc2c(c(=O)c1O)C(=O)N[C@@]2(C)OC. The van der Waals surface area contributed by atoms with E-state index >= 15 is 0 Å². The van der Waals surface area contributed by atoms with Crippen LogP contribution in [-0.4, -0.2) is 18.1 Å². The topological polar surface area (TPSA) is 88.8 Å². The summed E-state index contributed by atoms with van der Waals surface area (Å²) < 4.78 is 10.7. The summed E-state index contributed by atoms with van der Waals surface area (Å²) in [6.45, 7) is 3.59. The smallest absolute Gasteiger partial charge is 0.261 e. The second kappa shape index (κ2) is 5.13. The summed E-state index contributed by atoms with van der Waals surface area (Å²) in [5.74, 6) is -1.06. The lowest BCUT2D eigenvalue weighted by Crippen LogP contribution is -2.37. The van der Waals surface area contributed by atoms with Gasteiger partial charge in [-0.05, 0) is 19.4 Å². The molecule has 6 nitrogen and oxygen atoms in total. The molecule has 1 amide bonds. The molecule has 1 aromatic rings. The van der Waals surface area contributed by atoms with Crippen LogP contribution in [0.25, 0.3) is 6.08 Å². The third-order valence-electron chi connectivity index (χ3n) is 3.26. The summed E-state index contributed by atoms with van der Waals surface area (Å²) in [6.07, 6.45) is 5.04. The maximum Gasteiger partial charge on any atom is 0.261 e. The third kappa shape index (κ3) is 2.12. The summed E-state index contributed by atoms with van der Waals surface area (Å²) in [6, 6.07) is 0. The van der Waals surface area contributed by atoms with Crippen molar-refractivity contribution in [3.63, 3.8) is 0 Å². The second-order valence-corrected chi connectivity index (χ2v) is 4.73. The van der Waals surface area contributed by atoms with E-state index in [4.69, 9.17) is 9.15 Å². The van der Waals surface area contributed by atoms with E-state index in [-0.39, 0.29) is 17.1 Å². The number of aromatic hydroxyl groups is 1. The highest BCUT2D eigenvalue weighted by Gasteiger charge is 2.45. The molecule has 0 saturated heterocycles. The van der Waals surface area contributed by atoms with Crippen molar-refractivity contribution in [2.45, 2.75) is 32.4 Å². The molecule has 1 aliphatic heterocycles. The fourth-order valence-electron chi connectivity index (χ4n) is 2.03. The van der Waals surface area contributed by atoms with Gasteiger partial charge in [-0.3, -0.25) is 9.59 Å². The Hall–Kier alpha value is -2.08. The highest BCUT2D eigenvalue weighted by molar-refractivity contribution is 5.99. The molecule has 6 heteroatoms. The van der Waals surface area contributed by atoms with Crippen molar-refractivity contribution < 1.29 is 19.1 Å². The van der Waals surface area contributed by atoms with E-state index in [9.17, 15) is 14.7 Å². The molecular formula is C14H17NO5. The molecule has 0 unspecified atom stereocenters. The van der Waals surface area contributed by atoms with Gasteiger partial charge in [0.05, 0.1) is 0 Å².